The number of hydrogen-bond donors (Lipinski definition) is 1. The van der Waals surface area contributed by atoms with Crippen LogP contribution < -0.4 is 9.62 Å². The summed E-state index contributed by atoms with van der Waals surface area (Å²) in [6.45, 7) is 0.987. The van der Waals surface area contributed by atoms with Gasteiger partial charge in [0.05, 0.1) is 10.6 Å². The van der Waals surface area contributed by atoms with Crippen molar-refractivity contribution in [2.24, 2.45) is 0 Å². The van der Waals surface area contributed by atoms with Gasteiger partial charge in [-0.15, -0.1) is 0 Å². The van der Waals surface area contributed by atoms with Crippen molar-refractivity contribution in [3.8, 4) is 0 Å². The number of halogens is 3. The summed E-state index contributed by atoms with van der Waals surface area (Å²) in [6, 6.07) is 16.3. The minimum atomic E-state index is -4.28. The van der Waals surface area contributed by atoms with Crippen LogP contribution in [0.2, 0.25) is 10.0 Å². The molecule has 0 saturated carbocycles. The van der Waals surface area contributed by atoms with Crippen LogP contribution in [-0.4, -0.2) is 44.8 Å². The first-order valence-corrected chi connectivity index (χ1v) is 13.6. The van der Waals surface area contributed by atoms with Crippen molar-refractivity contribution in [2.75, 3.05) is 17.9 Å². The molecule has 0 heterocycles. The van der Waals surface area contributed by atoms with Crippen molar-refractivity contribution < 1.29 is 22.4 Å². The second kappa shape index (κ2) is 12.4. The predicted molar refractivity (Wildman–Crippen MR) is 143 cm³/mol. The summed E-state index contributed by atoms with van der Waals surface area (Å²) in [4.78, 5) is 27.6. The monoisotopic (exact) mass is 565 g/mol. The van der Waals surface area contributed by atoms with E-state index in [0.717, 1.165) is 28.6 Å². The average Bonchev–Trinajstić information content (AvgIpc) is 2.89. The van der Waals surface area contributed by atoms with Gasteiger partial charge in [-0.3, -0.25) is 13.9 Å². The van der Waals surface area contributed by atoms with Gasteiger partial charge in [-0.2, -0.15) is 0 Å². The maximum Gasteiger partial charge on any atom is 0.264 e. The topological polar surface area (TPSA) is 86.8 Å². The van der Waals surface area contributed by atoms with Gasteiger partial charge in [0.1, 0.15) is 18.4 Å². The van der Waals surface area contributed by atoms with Crippen molar-refractivity contribution in [2.45, 2.75) is 30.8 Å². The molecule has 196 valence electrons. The van der Waals surface area contributed by atoms with E-state index < -0.39 is 40.2 Å². The van der Waals surface area contributed by atoms with E-state index in [1.807, 2.05) is 0 Å². The molecular weight excluding hydrogens is 540 g/mol. The van der Waals surface area contributed by atoms with Crippen LogP contribution in [0.3, 0.4) is 0 Å². The van der Waals surface area contributed by atoms with E-state index in [9.17, 15) is 22.4 Å². The molecule has 2 amide bonds. The van der Waals surface area contributed by atoms with E-state index >= 15 is 0 Å². The van der Waals surface area contributed by atoms with Crippen molar-refractivity contribution in [3.05, 3.63) is 94.2 Å². The number of nitrogens with zero attached hydrogens (tertiary/aromatic N) is 2. The van der Waals surface area contributed by atoms with Crippen molar-refractivity contribution >= 4 is 50.7 Å². The van der Waals surface area contributed by atoms with Gasteiger partial charge in [0.15, 0.2) is 0 Å². The molecule has 11 heteroatoms. The Labute approximate surface area is 225 Å². The zero-order chi connectivity index (χ0) is 27.2. The summed E-state index contributed by atoms with van der Waals surface area (Å²) < 4.78 is 41.6. The first-order valence-electron chi connectivity index (χ1n) is 11.4. The Morgan fingerprint density at radius 3 is 2.08 bits per heavy atom. The molecule has 1 atom stereocenters. The number of carbonyl (C=O) groups excluding carboxylic acids is 2. The Bertz CT molecular complexity index is 1340. The molecule has 0 aliphatic rings. The Morgan fingerprint density at radius 1 is 0.946 bits per heavy atom. The van der Waals surface area contributed by atoms with Crippen LogP contribution in [-0.2, 0) is 26.2 Å². The quantitative estimate of drug-likeness (QED) is 0.379. The lowest BCUT2D eigenvalue weighted by atomic mass is 10.1. The number of amides is 2. The molecule has 0 aromatic heterocycles. The number of rotatable bonds is 10. The second-order valence-electron chi connectivity index (χ2n) is 8.06. The zero-order valence-corrected chi connectivity index (χ0v) is 22.5. The third-order valence-corrected chi connectivity index (χ3v) is 8.24. The van der Waals surface area contributed by atoms with E-state index in [1.54, 1.807) is 55.5 Å². The fourth-order valence-corrected chi connectivity index (χ4v) is 5.73. The van der Waals surface area contributed by atoms with Crippen LogP contribution in [0.25, 0.3) is 0 Å². The molecule has 3 aromatic carbocycles. The number of likely N-dealkylation sites (N-methyl/N-ethyl adjacent to an activating group) is 1. The largest absolute Gasteiger partial charge is 0.357 e. The van der Waals surface area contributed by atoms with Gasteiger partial charge in [-0.05, 0) is 55.0 Å². The van der Waals surface area contributed by atoms with E-state index in [0.29, 0.717) is 15.6 Å². The smallest absolute Gasteiger partial charge is 0.264 e. The minimum Gasteiger partial charge on any atom is -0.357 e. The first kappa shape index (κ1) is 28.4. The molecule has 37 heavy (non-hydrogen) atoms. The molecule has 3 rings (SSSR count). The fourth-order valence-electron chi connectivity index (χ4n) is 3.80. The van der Waals surface area contributed by atoms with Gasteiger partial charge in [0.25, 0.3) is 10.0 Å². The number of nitrogens with one attached hydrogen (secondary N) is 1. The lowest BCUT2D eigenvalue weighted by Gasteiger charge is -2.33. The molecule has 0 fully saturated rings. The first-order chi connectivity index (χ1) is 17.6. The fraction of sp³-hybridized carbons (Fsp3) is 0.231. The van der Waals surface area contributed by atoms with E-state index in [1.165, 1.54) is 11.9 Å². The molecular formula is C26H26Cl2FN3O4S. The zero-order valence-electron chi connectivity index (χ0n) is 20.2. The van der Waals surface area contributed by atoms with Crippen LogP contribution in [0, 0.1) is 5.82 Å². The standard InChI is InChI=1S/C26H26Cl2FN3O4S/c1-3-24(26(34)30-2)31(16-21-22(27)10-7-11-23(21)28)25(33)17-32(19-8-5-4-6-9-19)37(35,36)20-14-12-18(29)13-15-20/h4-15,24H,3,16-17H2,1-2H3,(H,30,34). The van der Waals surface area contributed by atoms with Crippen LogP contribution in [0.5, 0.6) is 0 Å². The third kappa shape index (κ3) is 6.60. The molecule has 3 aromatic rings. The molecule has 1 N–H and O–H groups in total. The van der Waals surface area contributed by atoms with Crippen LogP contribution in [0.4, 0.5) is 10.1 Å². The van der Waals surface area contributed by atoms with Gasteiger partial charge in [0.2, 0.25) is 11.8 Å². The molecule has 0 bridgehead atoms. The molecule has 1 unspecified atom stereocenters. The van der Waals surface area contributed by atoms with Crippen LogP contribution >= 0.6 is 23.2 Å². The predicted octanol–water partition coefficient (Wildman–Crippen LogP) is 4.88. The lowest BCUT2D eigenvalue weighted by Crippen LogP contribution is -2.51. The van der Waals surface area contributed by atoms with Gasteiger partial charge in [-0.25, -0.2) is 12.8 Å². The highest BCUT2D eigenvalue weighted by molar-refractivity contribution is 7.92. The van der Waals surface area contributed by atoms with E-state index in [2.05, 4.69) is 5.32 Å². The molecule has 0 aliphatic carbocycles. The lowest BCUT2D eigenvalue weighted by molar-refractivity contribution is -0.140. The van der Waals surface area contributed by atoms with Crippen molar-refractivity contribution in [1.29, 1.82) is 0 Å². The number of para-hydroxylation sites is 1. The molecule has 0 radical (unpaired) electrons. The van der Waals surface area contributed by atoms with E-state index in [4.69, 9.17) is 23.2 Å². The summed E-state index contributed by atoms with van der Waals surface area (Å²) in [5.74, 6) is -1.67. The molecule has 0 saturated heterocycles. The highest BCUT2D eigenvalue weighted by atomic mass is 35.5. The Kier molecular flexibility index (Phi) is 9.53. The van der Waals surface area contributed by atoms with Crippen LogP contribution in [0.1, 0.15) is 18.9 Å². The summed E-state index contributed by atoms with van der Waals surface area (Å²) in [6.07, 6.45) is 0.254. The Balaban J connectivity index is 2.07. The Morgan fingerprint density at radius 2 is 1.54 bits per heavy atom. The normalized spacial score (nSPS) is 12.0. The molecule has 0 aliphatic heterocycles. The minimum absolute atomic E-state index is 0.123. The summed E-state index contributed by atoms with van der Waals surface area (Å²) in [5, 5.41) is 3.15. The maximum atomic E-state index is 13.8. The van der Waals surface area contributed by atoms with Crippen molar-refractivity contribution in [3.63, 3.8) is 0 Å². The molecule has 0 spiro atoms. The highest BCUT2D eigenvalue weighted by Gasteiger charge is 2.34. The highest BCUT2D eigenvalue weighted by Crippen LogP contribution is 2.28. The summed E-state index contributed by atoms with van der Waals surface area (Å²) >= 11 is 12.7. The number of anilines is 1. The number of benzene rings is 3. The number of hydrogen-bond acceptors (Lipinski definition) is 4. The van der Waals surface area contributed by atoms with Gasteiger partial charge >= 0.3 is 0 Å². The number of carbonyl (C=O) groups is 2. The van der Waals surface area contributed by atoms with Gasteiger partial charge < -0.3 is 10.2 Å². The molecule has 7 nitrogen and oxygen atoms in total. The van der Waals surface area contributed by atoms with Crippen LogP contribution in [0.15, 0.2) is 77.7 Å². The van der Waals surface area contributed by atoms with Gasteiger partial charge in [-0.1, -0.05) is 54.4 Å². The van der Waals surface area contributed by atoms with E-state index in [-0.39, 0.29) is 23.5 Å². The maximum absolute atomic E-state index is 13.8. The second-order valence-corrected chi connectivity index (χ2v) is 10.7. The third-order valence-electron chi connectivity index (χ3n) is 5.75. The van der Waals surface area contributed by atoms with Crippen molar-refractivity contribution in [1.82, 2.24) is 10.2 Å². The summed E-state index contributed by atoms with van der Waals surface area (Å²) in [7, 11) is -2.83. The van der Waals surface area contributed by atoms with Gasteiger partial charge in [0, 0.05) is 29.2 Å². The Hall–Kier alpha value is -3.14. The summed E-state index contributed by atoms with van der Waals surface area (Å²) in [5.41, 5.74) is 0.651. The average molecular weight is 566 g/mol. The SMILES string of the molecule is CCC(C(=O)NC)N(Cc1c(Cl)cccc1Cl)C(=O)CN(c1ccccc1)S(=O)(=O)c1ccc(F)cc1. The number of sulfonamides is 1.